The number of Topliss-reactive ketones (excluding diaryl/α,β-unsaturated/α-hetero) is 1. The fourth-order valence-corrected chi connectivity index (χ4v) is 2.94. The third-order valence-electron chi connectivity index (χ3n) is 4.61. The summed E-state index contributed by atoms with van der Waals surface area (Å²) in [6.07, 6.45) is 10.4. The Morgan fingerprint density at radius 3 is 2.35 bits per heavy atom. The summed E-state index contributed by atoms with van der Waals surface area (Å²) in [6, 6.07) is 7.05. The van der Waals surface area contributed by atoms with Crippen LogP contribution in [-0.4, -0.2) is 23.4 Å². The lowest BCUT2D eigenvalue weighted by Gasteiger charge is -2.24. The monoisotopic (exact) mass is 317 g/mol. The van der Waals surface area contributed by atoms with Gasteiger partial charge in [-0.3, -0.25) is 9.59 Å². The molecule has 4 heteroatoms. The number of anilines is 1. The molecule has 1 aromatic carbocycles. The average Bonchev–Trinajstić information content (AvgIpc) is 2.48. The Bertz CT molecular complexity index is 506. The van der Waals surface area contributed by atoms with E-state index in [-0.39, 0.29) is 5.78 Å². The zero-order chi connectivity index (χ0) is 16.5. The van der Waals surface area contributed by atoms with Gasteiger partial charge < -0.3 is 10.4 Å². The average molecular weight is 317 g/mol. The molecule has 0 atom stereocenters. The molecule has 0 radical (unpaired) electrons. The Hall–Kier alpha value is -1.84. The first-order valence-electron chi connectivity index (χ1n) is 8.74. The van der Waals surface area contributed by atoms with Crippen molar-refractivity contribution >= 4 is 17.4 Å². The number of carboxylic acids is 1. The number of carbonyl (C=O) groups is 2. The van der Waals surface area contributed by atoms with Gasteiger partial charge in [0.15, 0.2) is 5.78 Å². The van der Waals surface area contributed by atoms with Gasteiger partial charge in [0, 0.05) is 17.8 Å². The molecule has 0 bridgehead atoms. The first-order chi connectivity index (χ1) is 11.1. The molecule has 1 aliphatic carbocycles. The largest absolute Gasteiger partial charge is 0.481 e. The maximum absolute atomic E-state index is 11.6. The van der Waals surface area contributed by atoms with Gasteiger partial charge in [0.05, 0.1) is 0 Å². The second-order valence-electron chi connectivity index (χ2n) is 6.50. The first kappa shape index (κ1) is 17.5. The highest BCUT2D eigenvalue weighted by Gasteiger charge is 2.16. The van der Waals surface area contributed by atoms with Crippen molar-refractivity contribution in [2.45, 2.75) is 57.8 Å². The minimum absolute atomic E-state index is 0.351. The molecule has 2 rings (SSSR count). The third kappa shape index (κ3) is 6.43. The topological polar surface area (TPSA) is 66.4 Å². The molecule has 23 heavy (non-hydrogen) atoms. The summed E-state index contributed by atoms with van der Waals surface area (Å²) in [6.45, 7) is 0.936. The Morgan fingerprint density at radius 2 is 1.74 bits per heavy atom. The van der Waals surface area contributed by atoms with Crippen LogP contribution in [0.1, 0.15) is 68.1 Å². The molecule has 0 amide bonds. The third-order valence-corrected chi connectivity index (χ3v) is 4.61. The van der Waals surface area contributed by atoms with Crippen LogP contribution in [0.25, 0.3) is 0 Å². The molecule has 0 aromatic heterocycles. The number of ketones is 1. The molecule has 4 nitrogen and oxygen atoms in total. The molecular weight excluding hydrogens is 290 g/mol. The van der Waals surface area contributed by atoms with Crippen molar-refractivity contribution in [2.24, 2.45) is 5.92 Å². The highest BCUT2D eigenvalue weighted by molar-refractivity contribution is 6.05. The first-order valence-corrected chi connectivity index (χ1v) is 8.74. The van der Waals surface area contributed by atoms with Gasteiger partial charge in [-0.1, -0.05) is 44.9 Å². The van der Waals surface area contributed by atoms with E-state index in [0.717, 1.165) is 24.6 Å². The van der Waals surface area contributed by atoms with E-state index >= 15 is 0 Å². The van der Waals surface area contributed by atoms with Crippen LogP contribution < -0.4 is 5.32 Å². The zero-order valence-corrected chi connectivity index (χ0v) is 13.7. The summed E-state index contributed by atoms with van der Waals surface area (Å²) in [5.74, 6) is -0.416. The maximum atomic E-state index is 11.6. The molecule has 0 aliphatic heterocycles. The van der Waals surface area contributed by atoms with Crippen LogP contribution in [-0.2, 0) is 4.79 Å². The number of rotatable bonds is 11. The second-order valence-corrected chi connectivity index (χ2v) is 6.50. The molecule has 0 saturated heterocycles. The van der Waals surface area contributed by atoms with E-state index in [4.69, 9.17) is 5.11 Å². The zero-order valence-electron chi connectivity index (χ0n) is 13.7. The standard InChI is InChI=1S/C19H27NO3/c21-18(14-19(22)23)16-9-11-17(12-10-16)20-13-4-2-1-3-6-15-7-5-8-15/h9-12,15,20H,1-8,13-14H2,(H,22,23). The maximum Gasteiger partial charge on any atom is 0.311 e. The fourth-order valence-electron chi connectivity index (χ4n) is 2.94. The smallest absolute Gasteiger partial charge is 0.311 e. The lowest BCUT2D eigenvalue weighted by molar-refractivity contribution is -0.135. The van der Waals surface area contributed by atoms with E-state index in [1.54, 1.807) is 12.1 Å². The van der Waals surface area contributed by atoms with Crippen molar-refractivity contribution < 1.29 is 14.7 Å². The SMILES string of the molecule is O=C(O)CC(=O)c1ccc(NCCCCCCC2CCC2)cc1. The van der Waals surface area contributed by atoms with Crippen molar-refractivity contribution in [3.8, 4) is 0 Å². The van der Waals surface area contributed by atoms with Gasteiger partial charge in [0.1, 0.15) is 6.42 Å². The van der Waals surface area contributed by atoms with Gasteiger partial charge in [-0.15, -0.1) is 0 Å². The minimum atomic E-state index is -1.09. The minimum Gasteiger partial charge on any atom is -0.481 e. The van der Waals surface area contributed by atoms with E-state index in [2.05, 4.69) is 5.32 Å². The molecule has 1 aliphatic rings. The number of carboxylic acid groups (broad SMARTS) is 1. The van der Waals surface area contributed by atoms with Crippen molar-refractivity contribution in [2.75, 3.05) is 11.9 Å². The highest BCUT2D eigenvalue weighted by atomic mass is 16.4. The molecule has 1 aromatic rings. The summed E-state index contributed by atoms with van der Waals surface area (Å²) in [5, 5.41) is 12.0. The molecule has 1 saturated carbocycles. The van der Waals surface area contributed by atoms with Gasteiger partial charge in [-0.25, -0.2) is 0 Å². The van der Waals surface area contributed by atoms with E-state index in [0.29, 0.717) is 5.56 Å². The Balaban J connectivity index is 1.56. The highest BCUT2D eigenvalue weighted by Crippen LogP contribution is 2.31. The van der Waals surface area contributed by atoms with Gasteiger partial charge in [-0.05, 0) is 36.6 Å². The lowest BCUT2D eigenvalue weighted by atomic mass is 9.82. The number of benzene rings is 1. The van der Waals surface area contributed by atoms with Crippen LogP contribution in [0.2, 0.25) is 0 Å². The molecule has 0 heterocycles. The molecule has 0 spiro atoms. The Morgan fingerprint density at radius 1 is 1.04 bits per heavy atom. The predicted molar refractivity (Wildman–Crippen MR) is 91.9 cm³/mol. The van der Waals surface area contributed by atoms with E-state index in [1.165, 1.54) is 44.9 Å². The molecule has 0 unspecified atom stereocenters. The number of carbonyl (C=O) groups excluding carboxylic acids is 1. The van der Waals surface area contributed by atoms with Crippen molar-refractivity contribution in [1.82, 2.24) is 0 Å². The number of aliphatic carboxylic acids is 1. The molecule has 1 fully saturated rings. The van der Waals surface area contributed by atoms with E-state index in [1.807, 2.05) is 12.1 Å². The Labute approximate surface area is 138 Å². The van der Waals surface area contributed by atoms with Crippen molar-refractivity contribution in [3.05, 3.63) is 29.8 Å². The van der Waals surface area contributed by atoms with Gasteiger partial charge in [0.2, 0.25) is 0 Å². The fraction of sp³-hybridized carbons (Fsp3) is 0.579. The summed E-state index contributed by atoms with van der Waals surface area (Å²) < 4.78 is 0. The normalized spacial score (nSPS) is 14.3. The van der Waals surface area contributed by atoms with E-state index < -0.39 is 12.4 Å². The van der Waals surface area contributed by atoms with Crippen molar-refractivity contribution in [1.29, 1.82) is 0 Å². The Kier molecular flexibility index (Phi) is 7.11. The van der Waals surface area contributed by atoms with Crippen LogP contribution in [0.5, 0.6) is 0 Å². The van der Waals surface area contributed by atoms with Gasteiger partial charge in [0.25, 0.3) is 0 Å². The number of hydrogen-bond donors (Lipinski definition) is 2. The van der Waals surface area contributed by atoms with Crippen LogP contribution in [0.15, 0.2) is 24.3 Å². The van der Waals surface area contributed by atoms with E-state index in [9.17, 15) is 9.59 Å². The summed E-state index contributed by atoms with van der Waals surface area (Å²) in [7, 11) is 0. The molecular formula is C19H27NO3. The lowest BCUT2D eigenvalue weighted by Crippen LogP contribution is -2.10. The quantitative estimate of drug-likeness (QED) is 0.358. The number of nitrogens with one attached hydrogen (secondary N) is 1. The van der Waals surface area contributed by atoms with Crippen LogP contribution in [0, 0.1) is 5.92 Å². The molecule has 2 N–H and O–H groups in total. The van der Waals surface area contributed by atoms with Crippen LogP contribution in [0.4, 0.5) is 5.69 Å². The van der Waals surface area contributed by atoms with Crippen LogP contribution >= 0.6 is 0 Å². The number of unbranched alkanes of at least 4 members (excludes halogenated alkanes) is 3. The van der Waals surface area contributed by atoms with Crippen molar-refractivity contribution in [3.63, 3.8) is 0 Å². The van der Waals surface area contributed by atoms with Crippen LogP contribution in [0.3, 0.4) is 0 Å². The molecule has 126 valence electrons. The summed E-state index contributed by atoms with van der Waals surface area (Å²) in [4.78, 5) is 22.1. The van der Waals surface area contributed by atoms with Gasteiger partial charge in [-0.2, -0.15) is 0 Å². The summed E-state index contributed by atoms with van der Waals surface area (Å²) >= 11 is 0. The second kappa shape index (κ2) is 9.33. The number of hydrogen-bond acceptors (Lipinski definition) is 3. The van der Waals surface area contributed by atoms with Gasteiger partial charge >= 0.3 is 5.97 Å². The summed E-state index contributed by atoms with van der Waals surface area (Å²) in [5.41, 5.74) is 1.43. The predicted octanol–water partition coefficient (Wildman–Crippen LogP) is 4.51.